The molecule has 0 amide bonds. The summed E-state index contributed by atoms with van der Waals surface area (Å²) < 4.78 is 16.2. The first-order chi connectivity index (χ1) is 44.8. The third-order valence-electron chi connectivity index (χ3n) is 12.8. The molecule has 1 fully saturated rings. The van der Waals surface area contributed by atoms with Crippen molar-refractivity contribution >= 4 is 100 Å². The number of nitrogen functional groups attached to an aromatic ring is 4. The van der Waals surface area contributed by atoms with Crippen molar-refractivity contribution in [2.45, 2.75) is 25.9 Å². The SMILES string of the molecule is CO/N=C/c1c(N)ncnc1NC(C)c1ccc(Cl)cc1.CO/N=C/c1c(N)ncnc1N[C@@H](C)c1ccc(OC)cc1.CO/N=C/c1c(N)ncnc1Nc1ccc(N2CCOCC2)nc1.CO/N=C/c1c(N)ncnc1Nc1ccc(Oc2ccccc2)nc1. The van der Waals surface area contributed by atoms with Crippen LogP contribution in [0, 0.1) is 0 Å². The highest BCUT2D eigenvalue weighted by Crippen LogP contribution is 2.28. The van der Waals surface area contributed by atoms with E-state index in [4.69, 9.17) is 53.6 Å². The minimum Gasteiger partial charge on any atom is -0.497 e. The number of nitrogens with one attached hydrogen (secondary N) is 4. The van der Waals surface area contributed by atoms with Gasteiger partial charge in [0.25, 0.3) is 0 Å². The largest absolute Gasteiger partial charge is 0.497 e. The number of hydrogen-bond donors (Lipinski definition) is 8. The number of para-hydroxylation sites is 1. The van der Waals surface area contributed by atoms with E-state index in [0.717, 1.165) is 60.4 Å². The van der Waals surface area contributed by atoms with Crippen LogP contribution < -0.4 is 58.6 Å². The second-order valence-electron chi connectivity index (χ2n) is 18.9. The molecule has 3 aromatic carbocycles. The zero-order chi connectivity index (χ0) is 65.5. The van der Waals surface area contributed by atoms with Crippen LogP contribution in [0.3, 0.4) is 0 Å². The number of anilines is 11. The quantitative estimate of drug-likeness (QED) is 0.0231. The van der Waals surface area contributed by atoms with E-state index in [1.807, 2.05) is 111 Å². The maximum absolute atomic E-state index is 5.89. The molecule has 2 atom stereocenters. The lowest BCUT2D eigenvalue weighted by Gasteiger charge is -2.27. The van der Waals surface area contributed by atoms with Crippen LogP contribution in [-0.2, 0) is 24.1 Å². The third-order valence-corrected chi connectivity index (χ3v) is 13.1. The number of hydrogen-bond acceptors (Lipinski definition) is 30. The van der Waals surface area contributed by atoms with Crippen LogP contribution >= 0.6 is 11.6 Å². The fourth-order valence-corrected chi connectivity index (χ4v) is 8.18. The van der Waals surface area contributed by atoms with Gasteiger partial charge in [0.1, 0.15) is 118 Å². The molecular weight excluding hydrogens is 1200 g/mol. The number of ether oxygens (including phenoxy) is 3. The molecule has 10 rings (SSSR count). The number of aromatic nitrogens is 10. The van der Waals surface area contributed by atoms with Crippen molar-refractivity contribution in [2.75, 3.05) is 111 Å². The van der Waals surface area contributed by atoms with Crippen LogP contribution in [-0.4, -0.2) is 137 Å². The molecule has 7 heterocycles. The standard InChI is InChI=1S/C17H16N6O2.C15H19N7O2.C15H19N5O2.C14H16ClN5O/c1-24-22-10-14-16(18)20-11-21-17(14)23-12-7-8-15(19-9-12)25-13-5-3-2-4-6-13;1-23-20-9-12-14(16)18-10-19-15(12)21-11-2-3-13(17-8-11)22-4-6-24-7-5-22;1-10(11-4-6-12(21-2)7-5-11)20-15-13(8-19-22-3)14(16)17-9-18-15;1-9(10-3-5-11(15)6-4-10)20-14-12(7-19-21-2)13(16)17-8-18-14/h2-11H,1H3,(H3,18,20,21,23);2-3,8-10H,4-7H2,1H3,(H3,16,18,19,21);4-10H,1-3H3,(H3,16,17,18,20);3-9H,1-2H3,(H3,16,17,18,20)/b22-10+;20-9+;19-8+;19-7+/t;;10-;/m..0./s1. The normalized spacial score (nSPS) is 12.5. The fraction of sp³-hybridized carbons (Fsp3) is 0.213. The van der Waals surface area contributed by atoms with Crippen LogP contribution in [0.5, 0.6) is 17.4 Å². The molecule has 1 saturated heterocycles. The lowest BCUT2D eigenvalue weighted by molar-refractivity contribution is 0.122. The van der Waals surface area contributed by atoms with Crippen LogP contribution in [0.4, 0.5) is 63.7 Å². The molecule has 31 heteroatoms. The number of morpholine rings is 1. The van der Waals surface area contributed by atoms with E-state index in [2.05, 4.69) is 111 Å². The average molecular weight is 1270 g/mol. The Balaban J connectivity index is 0.000000174. The van der Waals surface area contributed by atoms with Gasteiger partial charge in [-0.25, -0.2) is 49.8 Å². The van der Waals surface area contributed by atoms with Crippen molar-refractivity contribution in [1.29, 1.82) is 0 Å². The summed E-state index contributed by atoms with van der Waals surface area (Å²) in [7, 11) is 7.46. The molecule has 92 heavy (non-hydrogen) atoms. The molecular formula is C61H70ClN23O7. The van der Waals surface area contributed by atoms with E-state index in [0.29, 0.717) is 79.6 Å². The van der Waals surface area contributed by atoms with Crippen LogP contribution in [0.2, 0.25) is 5.02 Å². The molecule has 1 unspecified atom stereocenters. The highest BCUT2D eigenvalue weighted by atomic mass is 35.5. The Morgan fingerprint density at radius 3 is 1.29 bits per heavy atom. The van der Waals surface area contributed by atoms with Gasteiger partial charge in [0.05, 0.1) is 91.2 Å². The van der Waals surface area contributed by atoms with E-state index in [-0.39, 0.29) is 17.9 Å². The van der Waals surface area contributed by atoms with Gasteiger partial charge in [-0.2, -0.15) is 0 Å². The first kappa shape index (κ1) is 67.7. The molecule has 1 aliphatic rings. The molecule has 9 aromatic rings. The molecule has 1 aliphatic heterocycles. The number of nitrogens with zero attached hydrogens (tertiary/aromatic N) is 15. The molecule has 0 aliphatic carbocycles. The van der Waals surface area contributed by atoms with Crippen LogP contribution in [0.1, 0.15) is 59.3 Å². The first-order valence-electron chi connectivity index (χ1n) is 27.9. The van der Waals surface area contributed by atoms with Crippen molar-refractivity contribution in [3.63, 3.8) is 0 Å². The van der Waals surface area contributed by atoms with Crippen LogP contribution in [0.15, 0.2) is 161 Å². The smallest absolute Gasteiger partial charge is 0.219 e. The van der Waals surface area contributed by atoms with Gasteiger partial charge in [0, 0.05) is 36.3 Å². The Labute approximate surface area is 535 Å². The van der Waals surface area contributed by atoms with Gasteiger partial charge in [0.2, 0.25) is 5.88 Å². The lowest BCUT2D eigenvalue weighted by atomic mass is 10.1. The second kappa shape index (κ2) is 35.9. The van der Waals surface area contributed by atoms with Crippen molar-refractivity contribution in [3.05, 3.63) is 179 Å². The molecule has 6 aromatic heterocycles. The van der Waals surface area contributed by atoms with E-state index in [9.17, 15) is 0 Å². The second-order valence-corrected chi connectivity index (χ2v) is 19.3. The van der Waals surface area contributed by atoms with Crippen molar-refractivity contribution < 1.29 is 33.6 Å². The van der Waals surface area contributed by atoms with Gasteiger partial charge in [-0.3, -0.25) is 0 Å². The Bertz CT molecular complexity index is 3820. The number of benzene rings is 3. The molecule has 12 N–H and O–H groups in total. The van der Waals surface area contributed by atoms with Crippen molar-refractivity contribution in [2.24, 2.45) is 20.6 Å². The highest BCUT2D eigenvalue weighted by Gasteiger charge is 2.16. The molecule has 0 bridgehead atoms. The summed E-state index contributed by atoms with van der Waals surface area (Å²) in [4.78, 5) is 62.3. The Hall–Kier alpha value is -11.8. The first-order valence-corrected chi connectivity index (χ1v) is 28.3. The van der Waals surface area contributed by atoms with Gasteiger partial charge in [-0.15, -0.1) is 0 Å². The summed E-state index contributed by atoms with van der Waals surface area (Å²) in [6, 6.07) is 32.3. The summed E-state index contributed by atoms with van der Waals surface area (Å²) in [6.45, 7) is 7.18. The van der Waals surface area contributed by atoms with E-state index >= 15 is 0 Å². The molecule has 0 spiro atoms. The summed E-state index contributed by atoms with van der Waals surface area (Å²) in [5.74, 6) is 6.41. The number of pyridine rings is 2. The predicted octanol–water partition coefficient (Wildman–Crippen LogP) is 9.07. The van der Waals surface area contributed by atoms with Crippen molar-refractivity contribution in [1.82, 2.24) is 49.8 Å². The zero-order valence-corrected chi connectivity index (χ0v) is 52.1. The molecule has 0 saturated carbocycles. The maximum Gasteiger partial charge on any atom is 0.219 e. The minimum absolute atomic E-state index is 0.0197. The Morgan fingerprint density at radius 2 is 0.891 bits per heavy atom. The van der Waals surface area contributed by atoms with Gasteiger partial charge in [0.15, 0.2) is 0 Å². The third kappa shape index (κ3) is 20.7. The summed E-state index contributed by atoms with van der Waals surface area (Å²) >= 11 is 5.89. The monoisotopic (exact) mass is 1270 g/mol. The number of halogens is 1. The van der Waals surface area contributed by atoms with Gasteiger partial charge in [-0.1, -0.05) is 74.7 Å². The molecule has 30 nitrogen and oxygen atoms in total. The number of methoxy groups -OCH3 is 1. The van der Waals surface area contributed by atoms with E-state index in [1.165, 1.54) is 78.6 Å². The van der Waals surface area contributed by atoms with Gasteiger partial charge >= 0.3 is 0 Å². The number of nitrogens with two attached hydrogens (primary N) is 4. The van der Waals surface area contributed by atoms with Gasteiger partial charge < -0.3 is 82.7 Å². The summed E-state index contributed by atoms with van der Waals surface area (Å²) in [6.07, 6.45) is 14.8. The maximum atomic E-state index is 5.89. The average Bonchev–Trinajstić information content (AvgIpc) is 3.24. The minimum atomic E-state index is 0.0197. The number of rotatable bonds is 22. The Morgan fingerprint density at radius 1 is 0.478 bits per heavy atom. The van der Waals surface area contributed by atoms with Crippen molar-refractivity contribution in [3.8, 4) is 17.4 Å². The van der Waals surface area contributed by atoms with E-state index in [1.54, 1.807) is 25.6 Å². The topological polar surface area (TPSA) is 398 Å². The molecule has 478 valence electrons. The fourth-order valence-electron chi connectivity index (χ4n) is 8.05. The van der Waals surface area contributed by atoms with Gasteiger partial charge in [-0.05, 0) is 79.6 Å². The Kier molecular flexibility index (Phi) is 26.4. The molecule has 0 radical (unpaired) electrons. The summed E-state index contributed by atoms with van der Waals surface area (Å²) in [5, 5.41) is 28.4. The summed E-state index contributed by atoms with van der Waals surface area (Å²) in [5.41, 5.74) is 29.3. The lowest BCUT2D eigenvalue weighted by Crippen LogP contribution is -2.36. The van der Waals surface area contributed by atoms with E-state index < -0.39 is 0 Å². The number of oxime groups is 4. The highest BCUT2D eigenvalue weighted by molar-refractivity contribution is 6.30. The predicted molar refractivity (Wildman–Crippen MR) is 357 cm³/mol. The van der Waals surface area contributed by atoms with Crippen LogP contribution in [0.25, 0.3) is 0 Å². The zero-order valence-electron chi connectivity index (χ0n) is 51.3.